The van der Waals surface area contributed by atoms with Crippen molar-refractivity contribution in [3.05, 3.63) is 21.3 Å². The van der Waals surface area contributed by atoms with Gasteiger partial charge in [-0.05, 0) is 31.0 Å². The summed E-state index contributed by atoms with van der Waals surface area (Å²) in [7, 11) is 0. The minimum absolute atomic E-state index is 0.695. The van der Waals surface area contributed by atoms with Crippen LogP contribution >= 0.6 is 38.9 Å². The van der Waals surface area contributed by atoms with Crippen molar-refractivity contribution in [1.82, 2.24) is 4.90 Å². The summed E-state index contributed by atoms with van der Waals surface area (Å²) in [4.78, 5) is 4.59. The van der Waals surface area contributed by atoms with E-state index in [-0.39, 0.29) is 0 Å². The van der Waals surface area contributed by atoms with Crippen molar-refractivity contribution in [3.8, 4) is 0 Å². The van der Waals surface area contributed by atoms with E-state index in [4.69, 9.17) is 11.6 Å². The van der Waals surface area contributed by atoms with E-state index in [1.165, 1.54) is 24.4 Å². The van der Waals surface area contributed by atoms with E-state index in [0.717, 1.165) is 16.8 Å². The predicted octanol–water partition coefficient (Wildman–Crippen LogP) is 4.01. The van der Waals surface area contributed by atoms with Crippen LogP contribution in [-0.4, -0.2) is 22.8 Å². The molecule has 0 amide bonds. The van der Waals surface area contributed by atoms with Gasteiger partial charge in [0, 0.05) is 22.8 Å². The van der Waals surface area contributed by atoms with Crippen LogP contribution in [0.3, 0.4) is 0 Å². The Bertz CT molecular complexity index is 328. The summed E-state index contributed by atoms with van der Waals surface area (Å²) in [6, 6.07) is 4.13. The topological polar surface area (TPSA) is 3.24 Å². The van der Waals surface area contributed by atoms with Gasteiger partial charge in [0.25, 0.3) is 0 Å². The first-order valence-corrected chi connectivity index (χ1v) is 7.37. The monoisotopic (exact) mass is 307 g/mol. The summed E-state index contributed by atoms with van der Waals surface area (Å²) in [5.74, 6) is 0.745. The minimum atomic E-state index is 0.695. The van der Waals surface area contributed by atoms with Crippen molar-refractivity contribution in [2.75, 3.05) is 13.1 Å². The smallest absolute Gasteiger partial charge is 0.0931 e. The maximum absolute atomic E-state index is 5.92. The van der Waals surface area contributed by atoms with Crippen LogP contribution in [0.2, 0.25) is 4.34 Å². The molecule has 2 rings (SSSR count). The zero-order valence-electron chi connectivity index (χ0n) is 8.75. The van der Waals surface area contributed by atoms with E-state index in [1.54, 1.807) is 11.3 Å². The normalized spacial score (nSPS) is 28.2. The third-order valence-corrected chi connectivity index (χ3v) is 5.47. The fourth-order valence-corrected chi connectivity index (χ4v) is 3.51. The lowest BCUT2D eigenvalue weighted by Gasteiger charge is -2.33. The maximum Gasteiger partial charge on any atom is 0.0931 e. The summed E-state index contributed by atoms with van der Waals surface area (Å²) in [6.45, 7) is 5.75. The maximum atomic E-state index is 5.92. The third-order valence-electron chi connectivity index (χ3n) is 2.89. The number of piperidine rings is 1. The van der Waals surface area contributed by atoms with Crippen molar-refractivity contribution < 1.29 is 0 Å². The molecule has 1 aromatic heterocycles. The van der Waals surface area contributed by atoms with Crippen molar-refractivity contribution in [3.63, 3.8) is 0 Å². The summed E-state index contributed by atoms with van der Waals surface area (Å²) < 4.78 is 0.897. The molecule has 1 aliphatic rings. The fourth-order valence-electron chi connectivity index (χ4n) is 2.00. The van der Waals surface area contributed by atoms with Crippen LogP contribution in [0.15, 0.2) is 12.1 Å². The molecule has 1 aliphatic heterocycles. The number of rotatable bonds is 2. The number of nitrogens with zero attached hydrogens (tertiary/aromatic N) is 1. The first-order valence-electron chi connectivity index (χ1n) is 5.26. The average molecular weight is 309 g/mol. The summed E-state index contributed by atoms with van der Waals surface area (Å²) in [6.07, 6.45) is 1.25. The Hall–Kier alpha value is 0.430. The fraction of sp³-hybridized carbons (Fsp3) is 0.636. The molecule has 0 N–H and O–H groups in total. The lowest BCUT2D eigenvalue weighted by Crippen LogP contribution is -2.38. The molecule has 2 atom stereocenters. The number of alkyl halides is 1. The summed E-state index contributed by atoms with van der Waals surface area (Å²) >= 11 is 11.3. The second kappa shape index (κ2) is 5.17. The molecule has 15 heavy (non-hydrogen) atoms. The molecule has 0 saturated carbocycles. The first kappa shape index (κ1) is 11.9. The highest BCUT2D eigenvalue weighted by atomic mass is 79.9. The molecular weight excluding hydrogens is 294 g/mol. The number of halogens is 2. The zero-order valence-corrected chi connectivity index (χ0v) is 11.9. The van der Waals surface area contributed by atoms with Crippen LogP contribution < -0.4 is 0 Å². The van der Waals surface area contributed by atoms with Gasteiger partial charge in [0.05, 0.1) is 4.34 Å². The van der Waals surface area contributed by atoms with E-state index in [0.29, 0.717) is 4.83 Å². The van der Waals surface area contributed by atoms with E-state index in [9.17, 15) is 0 Å². The summed E-state index contributed by atoms with van der Waals surface area (Å²) in [5, 5.41) is 0. The molecule has 1 saturated heterocycles. The molecule has 0 aromatic carbocycles. The molecule has 0 bridgehead atoms. The SMILES string of the molecule is CC1CN(Cc2ccc(Cl)s2)CCC1Br. The first-order chi connectivity index (χ1) is 7.15. The lowest BCUT2D eigenvalue weighted by atomic mass is 10.0. The molecule has 0 radical (unpaired) electrons. The quantitative estimate of drug-likeness (QED) is 0.746. The second-order valence-electron chi connectivity index (χ2n) is 4.22. The number of thiophene rings is 1. The van der Waals surface area contributed by atoms with Gasteiger partial charge in [-0.25, -0.2) is 0 Å². The van der Waals surface area contributed by atoms with Gasteiger partial charge in [-0.1, -0.05) is 34.5 Å². The molecule has 2 heterocycles. The van der Waals surface area contributed by atoms with Crippen LogP contribution in [-0.2, 0) is 6.54 Å². The Balaban J connectivity index is 1.90. The van der Waals surface area contributed by atoms with E-state index in [1.807, 2.05) is 6.07 Å². The standard InChI is InChI=1S/C11H15BrClNS/c1-8-6-14(5-4-10(8)12)7-9-2-3-11(13)15-9/h2-3,8,10H,4-7H2,1H3. The summed E-state index contributed by atoms with van der Waals surface area (Å²) in [5.41, 5.74) is 0. The van der Waals surface area contributed by atoms with Crippen LogP contribution in [0.5, 0.6) is 0 Å². The Kier molecular flexibility index (Phi) is 4.10. The van der Waals surface area contributed by atoms with Gasteiger partial charge in [0.1, 0.15) is 0 Å². The number of hydrogen-bond donors (Lipinski definition) is 0. The minimum Gasteiger partial charge on any atom is -0.298 e. The van der Waals surface area contributed by atoms with Crippen LogP contribution in [0.25, 0.3) is 0 Å². The zero-order chi connectivity index (χ0) is 10.8. The number of hydrogen-bond acceptors (Lipinski definition) is 2. The Labute approximate surface area is 109 Å². The van der Waals surface area contributed by atoms with Gasteiger partial charge < -0.3 is 0 Å². The Morgan fingerprint density at radius 3 is 3.00 bits per heavy atom. The van der Waals surface area contributed by atoms with Gasteiger partial charge in [0.15, 0.2) is 0 Å². The molecule has 1 aromatic rings. The molecule has 84 valence electrons. The van der Waals surface area contributed by atoms with Crippen LogP contribution in [0.4, 0.5) is 0 Å². The third kappa shape index (κ3) is 3.19. The lowest BCUT2D eigenvalue weighted by molar-refractivity contribution is 0.185. The van der Waals surface area contributed by atoms with Gasteiger partial charge in [0.2, 0.25) is 0 Å². The highest BCUT2D eigenvalue weighted by molar-refractivity contribution is 9.09. The predicted molar refractivity (Wildman–Crippen MR) is 71.1 cm³/mol. The second-order valence-corrected chi connectivity index (χ2v) is 7.20. The van der Waals surface area contributed by atoms with E-state index in [2.05, 4.69) is 33.8 Å². The van der Waals surface area contributed by atoms with Gasteiger partial charge >= 0.3 is 0 Å². The van der Waals surface area contributed by atoms with Crippen LogP contribution in [0.1, 0.15) is 18.2 Å². The van der Waals surface area contributed by atoms with Gasteiger partial charge in [-0.3, -0.25) is 4.90 Å². The average Bonchev–Trinajstić information content (AvgIpc) is 2.58. The Morgan fingerprint density at radius 2 is 2.40 bits per heavy atom. The molecule has 2 unspecified atom stereocenters. The number of likely N-dealkylation sites (tertiary alicyclic amines) is 1. The molecule has 1 fully saturated rings. The van der Waals surface area contributed by atoms with Crippen LogP contribution in [0, 0.1) is 5.92 Å². The highest BCUT2D eigenvalue weighted by Gasteiger charge is 2.23. The molecular formula is C11H15BrClNS. The highest BCUT2D eigenvalue weighted by Crippen LogP contribution is 2.27. The van der Waals surface area contributed by atoms with Crippen molar-refractivity contribution in [1.29, 1.82) is 0 Å². The largest absolute Gasteiger partial charge is 0.298 e. The van der Waals surface area contributed by atoms with Crippen molar-refractivity contribution in [2.24, 2.45) is 5.92 Å². The molecule has 4 heteroatoms. The van der Waals surface area contributed by atoms with Crippen molar-refractivity contribution >= 4 is 38.9 Å². The van der Waals surface area contributed by atoms with E-state index < -0.39 is 0 Å². The molecule has 0 spiro atoms. The van der Waals surface area contributed by atoms with Gasteiger partial charge in [-0.2, -0.15) is 0 Å². The molecule has 1 nitrogen and oxygen atoms in total. The van der Waals surface area contributed by atoms with E-state index >= 15 is 0 Å². The van der Waals surface area contributed by atoms with Gasteiger partial charge in [-0.15, -0.1) is 11.3 Å². The van der Waals surface area contributed by atoms with Crippen molar-refractivity contribution in [2.45, 2.75) is 24.7 Å². The Morgan fingerprint density at radius 1 is 1.60 bits per heavy atom. The molecule has 0 aliphatic carbocycles.